The molecule has 0 saturated carbocycles. The number of hydrogen-bond acceptors (Lipinski definition) is 6. The molecule has 8 heteroatoms. The molecule has 2 heterocycles. The van der Waals surface area contributed by atoms with Crippen LogP contribution < -0.4 is 0 Å². The minimum Gasteiger partial charge on any atom is -0.464 e. The smallest absolute Gasteiger partial charge is 0.338 e. The highest BCUT2D eigenvalue weighted by molar-refractivity contribution is 5.80. The molecule has 134 valence electrons. The molecule has 1 aromatic carbocycles. The fourth-order valence-electron chi connectivity index (χ4n) is 2.95. The molecule has 1 unspecified atom stereocenters. The Morgan fingerprint density at radius 2 is 2.36 bits per heavy atom. The average molecular weight is 349 g/mol. The fourth-order valence-corrected chi connectivity index (χ4v) is 2.95. The lowest BCUT2D eigenvalue weighted by Crippen LogP contribution is -2.41. The Morgan fingerprint density at radius 3 is 3.04 bits per heavy atom. The van der Waals surface area contributed by atoms with Crippen molar-refractivity contribution < 1.29 is 23.8 Å². The number of hydrogen-bond donors (Lipinski definition) is 1. The third-order valence-electron chi connectivity index (χ3n) is 4.20. The second-order valence-electron chi connectivity index (χ2n) is 5.94. The van der Waals surface area contributed by atoms with Gasteiger partial charge in [0.1, 0.15) is 11.5 Å². The first kappa shape index (κ1) is 17.5. The number of ether oxygens (including phenoxy) is 2. The van der Waals surface area contributed by atoms with Crippen LogP contribution >= 0.6 is 0 Å². The summed E-state index contributed by atoms with van der Waals surface area (Å²) in [6, 6.07) is 4.27. The van der Waals surface area contributed by atoms with Crippen LogP contribution in [0.15, 0.2) is 24.4 Å². The Morgan fingerprint density at radius 1 is 1.52 bits per heavy atom. The molecular formula is C17H20FN3O4. The Hall–Kier alpha value is -2.32. The molecule has 25 heavy (non-hydrogen) atoms. The number of rotatable bonds is 6. The zero-order valence-electron chi connectivity index (χ0n) is 13.9. The van der Waals surface area contributed by atoms with Gasteiger partial charge in [-0.05, 0) is 37.5 Å². The minimum absolute atomic E-state index is 0.183. The molecular weight excluding hydrogens is 329 g/mol. The van der Waals surface area contributed by atoms with Crippen LogP contribution in [0.4, 0.5) is 4.39 Å². The number of carbonyl (C=O) groups is 1. The molecule has 0 radical (unpaired) electrons. The van der Waals surface area contributed by atoms with Gasteiger partial charge in [-0.2, -0.15) is 0 Å². The molecule has 1 atom stereocenters. The maximum Gasteiger partial charge on any atom is 0.338 e. The summed E-state index contributed by atoms with van der Waals surface area (Å²) in [5.41, 5.74) is 0.199. The van der Waals surface area contributed by atoms with Crippen LogP contribution in [0.1, 0.15) is 31.0 Å². The van der Waals surface area contributed by atoms with Gasteiger partial charge < -0.3 is 14.6 Å². The highest BCUT2D eigenvalue weighted by Crippen LogP contribution is 2.31. The van der Waals surface area contributed by atoms with Crippen molar-refractivity contribution in [1.29, 1.82) is 0 Å². The molecule has 1 N–H and O–H groups in total. The van der Waals surface area contributed by atoms with Crippen LogP contribution in [0.25, 0.3) is 5.69 Å². The largest absolute Gasteiger partial charge is 0.464 e. The Kier molecular flexibility index (Phi) is 5.10. The molecule has 3 rings (SSSR count). The predicted molar refractivity (Wildman–Crippen MR) is 85.5 cm³/mol. The van der Waals surface area contributed by atoms with Gasteiger partial charge in [-0.3, -0.25) is 0 Å². The number of carbonyl (C=O) groups excluding carboxylic acids is 1. The van der Waals surface area contributed by atoms with Gasteiger partial charge in [-0.15, -0.1) is 5.10 Å². The van der Waals surface area contributed by atoms with E-state index in [4.69, 9.17) is 9.47 Å². The molecule has 1 aliphatic rings. The first-order valence-electron chi connectivity index (χ1n) is 8.20. The van der Waals surface area contributed by atoms with E-state index in [0.717, 1.165) is 6.42 Å². The van der Waals surface area contributed by atoms with Crippen molar-refractivity contribution in [2.24, 2.45) is 0 Å². The monoisotopic (exact) mass is 349 g/mol. The molecule has 2 aromatic rings. The van der Waals surface area contributed by atoms with E-state index in [2.05, 4.69) is 10.3 Å². The number of esters is 1. The molecule has 0 amide bonds. The van der Waals surface area contributed by atoms with Crippen molar-refractivity contribution >= 4 is 5.97 Å². The number of benzene rings is 1. The predicted octanol–water partition coefficient (Wildman–Crippen LogP) is 1.55. The van der Waals surface area contributed by atoms with E-state index in [1.54, 1.807) is 13.1 Å². The summed E-state index contributed by atoms with van der Waals surface area (Å²) in [7, 11) is 0. The van der Waals surface area contributed by atoms with Crippen molar-refractivity contribution in [2.45, 2.75) is 38.4 Å². The summed E-state index contributed by atoms with van der Waals surface area (Å²) in [5, 5.41) is 17.2. The van der Waals surface area contributed by atoms with Crippen molar-refractivity contribution in [3.8, 4) is 5.69 Å². The number of halogens is 1. The quantitative estimate of drug-likeness (QED) is 0.797. The Balaban J connectivity index is 1.85. The molecule has 0 bridgehead atoms. The SMILES string of the molecule is CCOC(=O)C1(Cc2cn(-c3cc(CO)ccc3F)nn2)CCCO1. The van der Waals surface area contributed by atoms with Gasteiger partial charge >= 0.3 is 5.97 Å². The normalized spacial score (nSPS) is 20.0. The summed E-state index contributed by atoms with van der Waals surface area (Å²) in [4.78, 5) is 12.3. The minimum atomic E-state index is -1.05. The summed E-state index contributed by atoms with van der Waals surface area (Å²) in [6.45, 7) is 2.30. The summed E-state index contributed by atoms with van der Waals surface area (Å²) < 4.78 is 26.1. The number of aliphatic hydroxyl groups is 1. The molecule has 1 aromatic heterocycles. The third-order valence-corrected chi connectivity index (χ3v) is 4.20. The van der Waals surface area contributed by atoms with E-state index in [9.17, 15) is 14.3 Å². The second-order valence-corrected chi connectivity index (χ2v) is 5.94. The summed E-state index contributed by atoms with van der Waals surface area (Å²) in [6.07, 6.45) is 3.09. The van der Waals surface area contributed by atoms with Gasteiger partial charge in [-0.1, -0.05) is 11.3 Å². The van der Waals surface area contributed by atoms with Gasteiger partial charge in [0.05, 0.1) is 25.1 Å². The second kappa shape index (κ2) is 7.28. The molecule has 1 aliphatic heterocycles. The van der Waals surface area contributed by atoms with Gasteiger partial charge in [-0.25, -0.2) is 13.9 Å². The highest BCUT2D eigenvalue weighted by atomic mass is 19.1. The van der Waals surface area contributed by atoms with Gasteiger partial charge in [0.15, 0.2) is 5.60 Å². The van der Waals surface area contributed by atoms with E-state index in [-0.39, 0.29) is 25.3 Å². The van der Waals surface area contributed by atoms with Crippen LogP contribution in [0.3, 0.4) is 0 Å². The van der Waals surface area contributed by atoms with E-state index in [1.807, 2.05) is 0 Å². The zero-order chi connectivity index (χ0) is 17.9. The molecule has 1 saturated heterocycles. The van der Waals surface area contributed by atoms with E-state index in [1.165, 1.54) is 22.9 Å². The van der Waals surface area contributed by atoms with Crippen LogP contribution in [0, 0.1) is 5.82 Å². The zero-order valence-corrected chi connectivity index (χ0v) is 13.9. The standard InChI is InChI=1S/C17H20FN3O4/c1-2-24-16(23)17(6-3-7-25-17)9-13-10-21(20-19-13)15-8-12(11-22)4-5-14(15)18/h4-5,8,10,22H,2-3,6-7,9,11H2,1H3. The van der Waals surface area contributed by atoms with Gasteiger partial charge in [0.2, 0.25) is 0 Å². The maximum absolute atomic E-state index is 14.0. The lowest BCUT2D eigenvalue weighted by atomic mass is 9.94. The maximum atomic E-state index is 14.0. The topological polar surface area (TPSA) is 86.5 Å². The van der Waals surface area contributed by atoms with E-state index < -0.39 is 17.4 Å². The lowest BCUT2D eigenvalue weighted by Gasteiger charge is -2.24. The molecule has 0 spiro atoms. The van der Waals surface area contributed by atoms with Crippen molar-refractivity contribution in [3.05, 3.63) is 41.5 Å². The summed E-state index contributed by atoms with van der Waals surface area (Å²) >= 11 is 0. The van der Waals surface area contributed by atoms with Crippen LogP contribution in [-0.2, 0) is 27.3 Å². The summed E-state index contributed by atoms with van der Waals surface area (Å²) in [5.74, 6) is -0.888. The Bertz CT molecular complexity index is 756. The van der Waals surface area contributed by atoms with Crippen LogP contribution in [0.5, 0.6) is 0 Å². The first-order chi connectivity index (χ1) is 12.1. The van der Waals surface area contributed by atoms with Crippen LogP contribution in [-0.4, -0.2) is 44.9 Å². The van der Waals surface area contributed by atoms with Crippen molar-refractivity contribution in [1.82, 2.24) is 15.0 Å². The average Bonchev–Trinajstić information content (AvgIpc) is 3.26. The molecule has 1 fully saturated rings. The highest BCUT2D eigenvalue weighted by Gasteiger charge is 2.45. The third kappa shape index (κ3) is 3.54. The fraction of sp³-hybridized carbons (Fsp3) is 0.471. The van der Waals surface area contributed by atoms with Crippen molar-refractivity contribution in [3.63, 3.8) is 0 Å². The van der Waals surface area contributed by atoms with E-state index in [0.29, 0.717) is 24.3 Å². The van der Waals surface area contributed by atoms with E-state index >= 15 is 0 Å². The van der Waals surface area contributed by atoms with Gasteiger partial charge in [0, 0.05) is 13.0 Å². The molecule has 0 aliphatic carbocycles. The lowest BCUT2D eigenvalue weighted by molar-refractivity contribution is -0.166. The number of nitrogens with zero attached hydrogens (tertiary/aromatic N) is 3. The van der Waals surface area contributed by atoms with Gasteiger partial charge in [0.25, 0.3) is 0 Å². The van der Waals surface area contributed by atoms with Crippen molar-refractivity contribution in [2.75, 3.05) is 13.2 Å². The first-order valence-corrected chi connectivity index (χ1v) is 8.20. The van der Waals surface area contributed by atoms with Crippen LogP contribution in [0.2, 0.25) is 0 Å². The molecule has 7 nitrogen and oxygen atoms in total. The number of aromatic nitrogens is 3. The Labute approximate surface area is 144 Å². The number of aliphatic hydroxyl groups excluding tert-OH is 1.